The van der Waals surface area contributed by atoms with Gasteiger partial charge in [0.15, 0.2) is 0 Å². The zero-order chi connectivity index (χ0) is 30.2. The maximum atomic E-state index is 5.51. The van der Waals surface area contributed by atoms with Crippen molar-refractivity contribution in [2.75, 3.05) is 0 Å². The Morgan fingerprint density at radius 3 is 2.02 bits per heavy atom. The zero-order valence-corrected chi connectivity index (χ0v) is 24.8. The first-order chi connectivity index (χ1) is 22.8. The van der Waals surface area contributed by atoms with Crippen LogP contribution in [-0.4, -0.2) is 15.0 Å². The SMILES string of the molecule is c1ccc(-c2c3c(nc4c2cc(-c2ccccn2)c2cccnc24)-c2ccc(-c4cccc5ccccc45)c4cccc-3c24)cc1. The van der Waals surface area contributed by atoms with Crippen LogP contribution in [0.2, 0.25) is 0 Å². The van der Waals surface area contributed by atoms with Crippen molar-refractivity contribution >= 4 is 43.4 Å². The van der Waals surface area contributed by atoms with E-state index in [-0.39, 0.29) is 0 Å². The molecule has 0 fully saturated rings. The number of rotatable bonds is 3. The average molecular weight is 584 g/mol. The summed E-state index contributed by atoms with van der Waals surface area (Å²) in [5, 5.41) is 7.13. The minimum absolute atomic E-state index is 0.889. The van der Waals surface area contributed by atoms with Gasteiger partial charge in [-0.2, -0.15) is 0 Å². The van der Waals surface area contributed by atoms with E-state index in [1.165, 1.54) is 54.9 Å². The van der Waals surface area contributed by atoms with Crippen LogP contribution in [0.3, 0.4) is 0 Å². The topological polar surface area (TPSA) is 38.7 Å². The van der Waals surface area contributed by atoms with Gasteiger partial charge in [0.1, 0.15) is 0 Å². The van der Waals surface area contributed by atoms with Crippen molar-refractivity contribution in [3.05, 3.63) is 152 Å². The van der Waals surface area contributed by atoms with Gasteiger partial charge in [0.25, 0.3) is 0 Å². The van der Waals surface area contributed by atoms with Crippen LogP contribution < -0.4 is 0 Å². The predicted molar refractivity (Wildman–Crippen MR) is 191 cm³/mol. The molecule has 0 spiro atoms. The van der Waals surface area contributed by atoms with E-state index in [0.29, 0.717) is 0 Å². The molecule has 1 aliphatic rings. The van der Waals surface area contributed by atoms with E-state index in [2.05, 4.69) is 121 Å². The lowest BCUT2D eigenvalue weighted by atomic mass is 9.89. The van der Waals surface area contributed by atoms with E-state index in [1.54, 1.807) is 0 Å². The Hall–Kier alpha value is -6.19. The molecule has 0 amide bonds. The minimum atomic E-state index is 0.889. The number of hydrogen-bond acceptors (Lipinski definition) is 3. The summed E-state index contributed by atoms with van der Waals surface area (Å²) in [5.74, 6) is 0. The molecule has 0 radical (unpaired) electrons. The molecule has 0 N–H and O–H groups in total. The predicted octanol–water partition coefficient (Wildman–Crippen LogP) is 11.1. The lowest BCUT2D eigenvalue weighted by Crippen LogP contribution is -1.96. The Labute approximate surface area is 265 Å². The molecule has 212 valence electrons. The Kier molecular flexibility index (Phi) is 5.28. The van der Waals surface area contributed by atoms with E-state index in [4.69, 9.17) is 15.0 Å². The molecule has 3 heterocycles. The van der Waals surface area contributed by atoms with Crippen LogP contribution in [0.1, 0.15) is 0 Å². The molecular formula is C43H25N3. The molecule has 3 aromatic heterocycles. The van der Waals surface area contributed by atoms with E-state index in [9.17, 15) is 0 Å². The van der Waals surface area contributed by atoms with E-state index >= 15 is 0 Å². The number of benzene rings is 6. The van der Waals surface area contributed by atoms with Crippen LogP contribution in [-0.2, 0) is 0 Å². The molecule has 0 saturated carbocycles. The van der Waals surface area contributed by atoms with Crippen molar-refractivity contribution in [2.24, 2.45) is 0 Å². The maximum absolute atomic E-state index is 5.51. The highest BCUT2D eigenvalue weighted by molar-refractivity contribution is 6.26. The van der Waals surface area contributed by atoms with Gasteiger partial charge in [-0.25, -0.2) is 4.98 Å². The third-order valence-electron chi connectivity index (χ3n) is 9.49. The third-order valence-corrected chi connectivity index (χ3v) is 9.49. The first kappa shape index (κ1) is 25.2. The van der Waals surface area contributed by atoms with Gasteiger partial charge in [0.2, 0.25) is 0 Å². The standard InChI is InChI=1S/C43H25N3/c1-2-12-27(13-3-1)38-36-25-35(37-20-6-7-23-44-37)32-19-10-24-45-42(32)43(36)46-41-34-22-21-30(31-17-9-18-33(39(31)34)40(38)41)29-16-8-14-26-11-4-5-15-28(26)29/h1-25H. The summed E-state index contributed by atoms with van der Waals surface area (Å²) in [6.45, 7) is 0. The van der Waals surface area contributed by atoms with Gasteiger partial charge in [-0.15, -0.1) is 0 Å². The molecule has 1 aliphatic carbocycles. The highest BCUT2D eigenvalue weighted by Crippen LogP contribution is 2.54. The number of pyridine rings is 3. The fourth-order valence-corrected chi connectivity index (χ4v) is 7.56. The summed E-state index contributed by atoms with van der Waals surface area (Å²) in [4.78, 5) is 15.2. The Bertz CT molecular complexity index is 2670. The molecule has 0 atom stereocenters. The van der Waals surface area contributed by atoms with Gasteiger partial charge in [0, 0.05) is 45.4 Å². The monoisotopic (exact) mass is 583 g/mol. The smallest absolute Gasteiger partial charge is 0.0979 e. The summed E-state index contributed by atoms with van der Waals surface area (Å²) < 4.78 is 0. The molecule has 0 saturated heterocycles. The molecule has 6 aromatic carbocycles. The Morgan fingerprint density at radius 2 is 1.11 bits per heavy atom. The van der Waals surface area contributed by atoms with Gasteiger partial charge in [-0.3, -0.25) is 9.97 Å². The molecule has 3 nitrogen and oxygen atoms in total. The van der Waals surface area contributed by atoms with Crippen LogP contribution in [0.5, 0.6) is 0 Å². The summed E-state index contributed by atoms with van der Waals surface area (Å²) in [6.07, 6.45) is 3.72. The normalized spacial score (nSPS) is 11.9. The van der Waals surface area contributed by atoms with Gasteiger partial charge < -0.3 is 0 Å². The minimum Gasteiger partial charge on any atom is -0.256 e. The number of aromatic nitrogens is 3. The second-order valence-electron chi connectivity index (χ2n) is 11.9. The summed E-state index contributed by atoms with van der Waals surface area (Å²) in [6, 6.07) is 49.8. The molecular weight excluding hydrogens is 558 g/mol. The molecule has 3 heteroatoms. The van der Waals surface area contributed by atoms with Gasteiger partial charge in [-0.1, -0.05) is 115 Å². The second-order valence-corrected chi connectivity index (χ2v) is 11.9. The summed E-state index contributed by atoms with van der Waals surface area (Å²) >= 11 is 0. The van der Waals surface area contributed by atoms with Crippen molar-refractivity contribution < 1.29 is 0 Å². The lowest BCUT2D eigenvalue weighted by molar-refractivity contribution is 1.33. The Balaban J connectivity index is 1.35. The number of nitrogens with zero attached hydrogens (tertiary/aromatic N) is 3. The number of hydrogen-bond donors (Lipinski definition) is 0. The fourth-order valence-electron chi connectivity index (χ4n) is 7.56. The van der Waals surface area contributed by atoms with Gasteiger partial charge in [0.05, 0.1) is 22.4 Å². The van der Waals surface area contributed by atoms with E-state index in [0.717, 1.165) is 44.3 Å². The van der Waals surface area contributed by atoms with Crippen LogP contribution >= 0.6 is 0 Å². The van der Waals surface area contributed by atoms with Gasteiger partial charge in [-0.05, 0) is 68.1 Å². The molecule has 46 heavy (non-hydrogen) atoms. The molecule has 10 rings (SSSR count). The lowest BCUT2D eigenvalue weighted by Gasteiger charge is -2.17. The second kappa shape index (κ2) is 9.65. The van der Waals surface area contributed by atoms with Gasteiger partial charge >= 0.3 is 0 Å². The highest BCUT2D eigenvalue weighted by atomic mass is 14.8. The zero-order valence-electron chi connectivity index (χ0n) is 24.8. The van der Waals surface area contributed by atoms with Crippen molar-refractivity contribution in [3.8, 4) is 55.9 Å². The quantitative estimate of drug-likeness (QED) is 0.194. The first-order valence-corrected chi connectivity index (χ1v) is 15.6. The molecule has 0 unspecified atom stereocenters. The molecule has 0 bridgehead atoms. The number of fused-ring (bicyclic) bond motifs is 7. The molecule has 0 aliphatic heterocycles. The maximum Gasteiger partial charge on any atom is 0.0979 e. The third kappa shape index (κ3) is 3.51. The molecule has 9 aromatic rings. The van der Waals surface area contributed by atoms with Crippen molar-refractivity contribution in [3.63, 3.8) is 0 Å². The van der Waals surface area contributed by atoms with Crippen LogP contribution in [0.25, 0.3) is 99.2 Å². The summed E-state index contributed by atoms with van der Waals surface area (Å²) in [5.41, 5.74) is 13.2. The Morgan fingerprint density at radius 1 is 0.391 bits per heavy atom. The average Bonchev–Trinajstić information content (AvgIpc) is 3.45. The largest absolute Gasteiger partial charge is 0.256 e. The van der Waals surface area contributed by atoms with Crippen molar-refractivity contribution in [1.82, 2.24) is 15.0 Å². The van der Waals surface area contributed by atoms with Crippen LogP contribution in [0.15, 0.2) is 152 Å². The van der Waals surface area contributed by atoms with Crippen molar-refractivity contribution in [1.29, 1.82) is 0 Å². The van der Waals surface area contributed by atoms with Crippen LogP contribution in [0, 0.1) is 0 Å². The summed E-state index contributed by atoms with van der Waals surface area (Å²) in [7, 11) is 0. The van der Waals surface area contributed by atoms with Crippen LogP contribution in [0.4, 0.5) is 0 Å². The van der Waals surface area contributed by atoms with E-state index < -0.39 is 0 Å². The fraction of sp³-hybridized carbons (Fsp3) is 0. The highest BCUT2D eigenvalue weighted by Gasteiger charge is 2.30. The first-order valence-electron chi connectivity index (χ1n) is 15.6. The van der Waals surface area contributed by atoms with E-state index in [1.807, 2.05) is 30.6 Å². The van der Waals surface area contributed by atoms with Crippen molar-refractivity contribution in [2.45, 2.75) is 0 Å².